The number of nitrogens with one attached hydrogen (secondary N) is 1. The number of nitrogens with zero attached hydrogens (tertiary/aromatic N) is 1. The third kappa shape index (κ3) is 2.87. The van der Waals surface area contributed by atoms with Crippen molar-refractivity contribution in [3.05, 3.63) is 12.3 Å². The fourth-order valence-electron chi connectivity index (χ4n) is 0.429. The van der Waals surface area contributed by atoms with E-state index in [0.717, 1.165) is 0 Å². The molecule has 0 saturated heterocycles. The minimum absolute atomic E-state index is 0. The lowest BCUT2D eigenvalue weighted by atomic mass is 10.6. The number of amides is 1. The Morgan fingerprint density at radius 3 is 3.22 bits per heavy atom. The molecule has 0 spiro atoms. The van der Waals surface area contributed by atoms with Crippen LogP contribution in [0.2, 0.25) is 0 Å². The quantitative estimate of drug-likeness (QED) is 0.528. The fourth-order valence-corrected chi connectivity index (χ4v) is 0.429. The van der Waals surface area contributed by atoms with Crippen LogP contribution in [-0.4, -0.2) is 18.7 Å². The predicted molar refractivity (Wildman–Crippen MR) is 37.9 cm³/mol. The molecule has 0 aromatic heterocycles. The van der Waals surface area contributed by atoms with E-state index in [9.17, 15) is 4.79 Å². The molecule has 0 aliphatic carbocycles. The smallest absolute Gasteiger partial charge is 0.264 e. The lowest BCUT2D eigenvalue weighted by Crippen LogP contribution is -2.13. The molecule has 1 amide bonds. The Morgan fingerprint density at radius 1 is 1.67 bits per heavy atom. The molecular formula is C5H7ClN2O. The van der Waals surface area contributed by atoms with Crippen LogP contribution in [0.3, 0.4) is 0 Å². The number of allylic oxidation sites excluding steroid dienone is 1. The number of aliphatic imine (C=N–C) groups is 1. The maximum Gasteiger partial charge on any atom is 0.264 e. The largest absolute Gasteiger partial charge is 0.382 e. The number of carbonyl (C=O) groups is 1. The van der Waals surface area contributed by atoms with E-state index >= 15 is 0 Å². The molecule has 0 atom stereocenters. The summed E-state index contributed by atoms with van der Waals surface area (Å²) in [5.74, 6) is -0.130. The zero-order valence-electron chi connectivity index (χ0n) is 4.70. The van der Waals surface area contributed by atoms with Crippen molar-refractivity contribution in [2.75, 3.05) is 6.54 Å². The van der Waals surface area contributed by atoms with Gasteiger partial charge in [0.1, 0.15) is 0 Å². The monoisotopic (exact) mass is 146 g/mol. The van der Waals surface area contributed by atoms with Gasteiger partial charge in [0.05, 0.1) is 6.54 Å². The highest BCUT2D eigenvalue weighted by Crippen LogP contribution is 1.76. The van der Waals surface area contributed by atoms with Crippen LogP contribution in [0.25, 0.3) is 0 Å². The van der Waals surface area contributed by atoms with Gasteiger partial charge in [-0.25, -0.2) is 4.99 Å². The van der Waals surface area contributed by atoms with Crippen LogP contribution in [0.1, 0.15) is 0 Å². The highest BCUT2D eigenvalue weighted by atomic mass is 35.5. The predicted octanol–water partition coefficient (Wildman–Crippen LogP) is 0.122. The van der Waals surface area contributed by atoms with Gasteiger partial charge in [0.2, 0.25) is 0 Å². The summed E-state index contributed by atoms with van der Waals surface area (Å²) >= 11 is 0. The number of halogens is 1. The Labute approximate surface area is 59.3 Å². The van der Waals surface area contributed by atoms with E-state index in [-0.39, 0.29) is 18.3 Å². The third-order valence-electron chi connectivity index (χ3n) is 0.772. The Kier molecular flexibility index (Phi) is 3.71. The molecule has 4 heteroatoms. The molecule has 9 heavy (non-hydrogen) atoms. The van der Waals surface area contributed by atoms with Gasteiger partial charge in [-0.05, 0) is 12.3 Å². The van der Waals surface area contributed by atoms with E-state index in [1.807, 2.05) is 0 Å². The number of rotatable bonds is 0. The summed E-state index contributed by atoms with van der Waals surface area (Å²) in [6.45, 7) is 0.312. The summed E-state index contributed by atoms with van der Waals surface area (Å²) < 4.78 is 0. The second-order valence-corrected chi connectivity index (χ2v) is 1.41. The molecule has 0 saturated carbocycles. The third-order valence-corrected chi connectivity index (χ3v) is 0.772. The molecule has 3 nitrogen and oxygen atoms in total. The van der Waals surface area contributed by atoms with Crippen molar-refractivity contribution in [1.29, 1.82) is 0 Å². The molecule has 0 unspecified atom stereocenters. The van der Waals surface area contributed by atoms with E-state index in [4.69, 9.17) is 0 Å². The van der Waals surface area contributed by atoms with Crippen LogP contribution >= 0.6 is 12.4 Å². The van der Waals surface area contributed by atoms with Gasteiger partial charge >= 0.3 is 0 Å². The zero-order chi connectivity index (χ0) is 5.82. The molecule has 1 N–H and O–H groups in total. The summed E-state index contributed by atoms with van der Waals surface area (Å²) in [6, 6.07) is 0. The van der Waals surface area contributed by atoms with Crippen molar-refractivity contribution < 1.29 is 4.79 Å². The average Bonchev–Trinajstić information content (AvgIpc) is 1.94. The summed E-state index contributed by atoms with van der Waals surface area (Å²) in [4.78, 5) is 13.9. The summed E-state index contributed by atoms with van der Waals surface area (Å²) in [7, 11) is 0. The molecule has 0 bridgehead atoms. The molecule has 50 valence electrons. The van der Waals surface area contributed by atoms with Crippen LogP contribution in [-0.2, 0) is 4.79 Å². The van der Waals surface area contributed by atoms with Crippen molar-refractivity contribution in [1.82, 2.24) is 5.32 Å². The van der Waals surface area contributed by atoms with Gasteiger partial charge < -0.3 is 5.32 Å². The summed E-state index contributed by atoms with van der Waals surface area (Å²) in [5, 5.41) is 2.74. The van der Waals surface area contributed by atoms with Crippen LogP contribution in [0.4, 0.5) is 0 Å². The summed E-state index contributed by atoms with van der Waals surface area (Å²) in [6.07, 6.45) is 4.85. The Bertz CT molecular complexity index is 153. The van der Waals surface area contributed by atoms with Crippen molar-refractivity contribution in [3.8, 4) is 0 Å². The molecule has 0 radical (unpaired) electrons. The molecule has 1 rings (SSSR count). The SMILES string of the molecule is Cl.O=C1CNC=CC=N1. The lowest BCUT2D eigenvalue weighted by molar-refractivity contribution is -0.116. The zero-order valence-corrected chi connectivity index (χ0v) is 5.52. The van der Waals surface area contributed by atoms with Crippen LogP contribution in [0.15, 0.2) is 17.3 Å². The number of hydrogen-bond donors (Lipinski definition) is 1. The molecule has 1 heterocycles. The Morgan fingerprint density at radius 2 is 2.44 bits per heavy atom. The number of hydrogen-bond acceptors (Lipinski definition) is 2. The van der Waals surface area contributed by atoms with E-state index in [0.29, 0.717) is 6.54 Å². The first-order chi connectivity index (χ1) is 3.89. The second-order valence-electron chi connectivity index (χ2n) is 1.41. The van der Waals surface area contributed by atoms with Gasteiger partial charge in [0.15, 0.2) is 0 Å². The minimum atomic E-state index is -0.130. The Hall–Kier alpha value is -0.830. The standard InChI is InChI=1S/C5H6N2O.ClH/c8-5-4-6-2-1-3-7-5;/h1-3,6H,4H2;1H. The van der Waals surface area contributed by atoms with Crippen molar-refractivity contribution in [3.63, 3.8) is 0 Å². The van der Waals surface area contributed by atoms with Gasteiger partial charge in [-0.2, -0.15) is 0 Å². The summed E-state index contributed by atoms with van der Waals surface area (Å²) in [5.41, 5.74) is 0. The first-order valence-corrected chi connectivity index (χ1v) is 2.35. The van der Waals surface area contributed by atoms with Crippen molar-refractivity contribution in [2.45, 2.75) is 0 Å². The first kappa shape index (κ1) is 8.17. The fraction of sp³-hybridized carbons (Fsp3) is 0.200. The molecular weight excluding hydrogens is 140 g/mol. The van der Waals surface area contributed by atoms with Crippen LogP contribution < -0.4 is 5.32 Å². The Balaban J connectivity index is 0.000000640. The maximum absolute atomic E-state index is 10.4. The molecule has 1 aliphatic rings. The molecule has 0 aromatic carbocycles. The maximum atomic E-state index is 10.4. The highest BCUT2D eigenvalue weighted by molar-refractivity contribution is 5.90. The second kappa shape index (κ2) is 4.09. The number of carbonyl (C=O) groups excluding carboxylic acids is 1. The van der Waals surface area contributed by atoms with Gasteiger partial charge in [-0.15, -0.1) is 12.4 Å². The average molecular weight is 147 g/mol. The first-order valence-electron chi connectivity index (χ1n) is 2.35. The van der Waals surface area contributed by atoms with Gasteiger partial charge in [-0.1, -0.05) is 0 Å². The van der Waals surface area contributed by atoms with Gasteiger partial charge in [0.25, 0.3) is 5.91 Å². The lowest BCUT2D eigenvalue weighted by Gasteiger charge is -1.88. The van der Waals surface area contributed by atoms with E-state index in [1.165, 1.54) is 6.21 Å². The van der Waals surface area contributed by atoms with E-state index in [2.05, 4.69) is 10.3 Å². The van der Waals surface area contributed by atoms with Crippen molar-refractivity contribution >= 4 is 24.5 Å². The van der Waals surface area contributed by atoms with Crippen LogP contribution in [0, 0.1) is 0 Å². The minimum Gasteiger partial charge on any atom is -0.382 e. The van der Waals surface area contributed by atoms with Crippen molar-refractivity contribution in [2.24, 2.45) is 4.99 Å². The van der Waals surface area contributed by atoms with Gasteiger partial charge in [0, 0.05) is 6.21 Å². The highest BCUT2D eigenvalue weighted by Gasteiger charge is 1.94. The van der Waals surface area contributed by atoms with Crippen LogP contribution in [0.5, 0.6) is 0 Å². The van der Waals surface area contributed by atoms with Gasteiger partial charge in [-0.3, -0.25) is 4.79 Å². The normalized spacial score (nSPS) is 15.8. The topological polar surface area (TPSA) is 41.5 Å². The van der Waals surface area contributed by atoms with E-state index < -0.39 is 0 Å². The molecule has 1 aliphatic heterocycles. The molecule has 0 aromatic rings. The van der Waals surface area contributed by atoms with E-state index in [1.54, 1.807) is 12.3 Å². The molecule has 0 fully saturated rings.